The standard InChI is InChI=1S/C17H22BrN5O/c1-10(2)14-7-15(20-19-14)17(24)22-6-5-12(8-22)23-9-13(18)16(21-23)11-3-4-11/h7,9-12H,3-6,8H2,1-2H3,(H,19,20). The lowest BCUT2D eigenvalue weighted by Gasteiger charge is -2.15. The van der Waals surface area contributed by atoms with E-state index in [4.69, 9.17) is 5.10 Å². The molecule has 1 atom stereocenters. The maximum absolute atomic E-state index is 12.7. The van der Waals surface area contributed by atoms with E-state index < -0.39 is 0 Å². The lowest BCUT2D eigenvalue weighted by Crippen LogP contribution is -2.29. The second kappa shape index (κ2) is 6.02. The summed E-state index contributed by atoms with van der Waals surface area (Å²) in [7, 11) is 0. The Morgan fingerprint density at radius 1 is 1.38 bits per heavy atom. The molecule has 1 saturated carbocycles. The molecule has 1 aliphatic carbocycles. The molecule has 3 heterocycles. The minimum atomic E-state index is 0.00860. The molecule has 6 nitrogen and oxygen atoms in total. The van der Waals surface area contributed by atoms with Gasteiger partial charge in [0.05, 0.1) is 16.2 Å². The number of hydrogen-bond acceptors (Lipinski definition) is 3. The van der Waals surface area contributed by atoms with Crippen molar-refractivity contribution in [3.05, 3.63) is 33.8 Å². The molecular formula is C17H22BrN5O. The number of aromatic amines is 1. The van der Waals surface area contributed by atoms with Crippen LogP contribution in [0.4, 0.5) is 0 Å². The predicted molar refractivity (Wildman–Crippen MR) is 94.1 cm³/mol. The number of likely N-dealkylation sites (tertiary alicyclic amines) is 1. The Bertz CT molecular complexity index is 761. The lowest BCUT2D eigenvalue weighted by molar-refractivity contribution is 0.0781. The van der Waals surface area contributed by atoms with Crippen LogP contribution in [0.2, 0.25) is 0 Å². The lowest BCUT2D eigenvalue weighted by atomic mass is 10.1. The topological polar surface area (TPSA) is 66.8 Å². The van der Waals surface area contributed by atoms with Gasteiger partial charge in [0.15, 0.2) is 0 Å². The van der Waals surface area contributed by atoms with Crippen molar-refractivity contribution in [2.75, 3.05) is 13.1 Å². The molecule has 7 heteroatoms. The van der Waals surface area contributed by atoms with Gasteiger partial charge in [0.25, 0.3) is 5.91 Å². The third-order valence-electron chi connectivity index (χ3n) is 4.94. The molecular weight excluding hydrogens is 370 g/mol. The maximum Gasteiger partial charge on any atom is 0.274 e. The van der Waals surface area contributed by atoms with Gasteiger partial charge in [-0.25, -0.2) is 0 Å². The van der Waals surface area contributed by atoms with Crippen molar-refractivity contribution >= 4 is 21.8 Å². The van der Waals surface area contributed by atoms with Crippen molar-refractivity contribution in [1.82, 2.24) is 24.9 Å². The SMILES string of the molecule is CC(C)c1cc(C(=O)N2CCC(n3cc(Br)c(C4CC4)n3)C2)n[nH]1. The number of H-pyrrole nitrogens is 1. The van der Waals surface area contributed by atoms with Gasteiger partial charge >= 0.3 is 0 Å². The number of nitrogens with one attached hydrogen (secondary N) is 1. The van der Waals surface area contributed by atoms with Crippen LogP contribution in [0.5, 0.6) is 0 Å². The zero-order chi connectivity index (χ0) is 16.8. The summed E-state index contributed by atoms with van der Waals surface area (Å²) in [4.78, 5) is 14.5. The smallest absolute Gasteiger partial charge is 0.274 e. The number of carbonyl (C=O) groups excluding carboxylic acids is 1. The van der Waals surface area contributed by atoms with Crippen molar-refractivity contribution < 1.29 is 4.79 Å². The molecule has 1 N–H and O–H groups in total. The number of rotatable bonds is 4. The largest absolute Gasteiger partial charge is 0.335 e. The van der Waals surface area contributed by atoms with E-state index in [1.54, 1.807) is 0 Å². The molecule has 1 aliphatic heterocycles. The van der Waals surface area contributed by atoms with Crippen molar-refractivity contribution in [1.29, 1.82) is 0 Å². The number of carbonyl (C=O) groups is 1. The summed E-state index contributed by atoms with van der Waals surface area (Å²) in [6, 6.07) is 2.12. The van der Waals surface area contributed by atoms with Gasteiger partial charge in [0.2, 0.25) is 0 Å². The fraction of sp³-hybridized carbons (Fsp3) is 0.588. The van der Waals surface area contributed by atoms with Crippen LogP contribution in [0.3, 0.4) is 0 Å². The Balaban J connectivity index is 1.45. The van der Waals surface area contributed by atoms with Gasteiger partial charge < -0.3 is 4.90 Å². The van der Waals surface area contributed by atoms with Gasteiger partial charge in [-0.2, -0.15) is 10.2 Å². The van der Waals surface area contributed by atoms with Crippen molar-refractivity contribution in [2.45, 2.75) is 51.0 Å². The summed E-state index contributed by atoms with van der Waals surface area (Å²) in [6.07, 6.45) is 5.48. The number of nitrogens with zero attached hydrogens (tertiary/aromatic N) is 4. The number of hydrogen-bond donors (Lipinski definition) is 1. The van der Waals surface area contributed by atoms with Crippen LogP contribution >= 0.6 is 15.9 Å². The second-order valence-electron chi connectivity index (χ2n) is 7.17. The Morgan fingerprint density at radius 3 is 2.83 bits per heavy atom. The minimum Gasteiger partial charge on any atom is -0.335 e. The molecule has 1 amide bonds. The van der Waals surface area contributed by atoms with Crippen molar-refractivity contribution in [2.24, 2.45) is 0 Å². The summed E-state index contributed by atoms with van der Waals surface area (Å²) in [5.74, 6) is 0.972. The van der Waals surface area contributed by atoms with Gasteiger partial charge in [-0.3, -0.25) is 14.6 Å². The van der Waals surface area contributed by atoms with Crippen LogP contribution < -0.4 is 0 Å². The van der Waals surface area contributed by atoms with Crippen LogP contribution in [0, 0.1) is 0 Å². The molecule has 4 rings (SSSR count). The highest BCUT2D eigenvalue weighted by molar-refractivity contribution is 9.10. The highest BCUT2D eigenvalue weighted by Gasteiger charge is 2.33. The van der Waals surface area contributed by atoms with Gasteiger partial charge in [-0.15, -0.1) is 0 Å². The van der Waals surface area contributed by atoms with Crippen LogP contribution in [-0.4, -0.2) is 43.9 Å². The van der Waals surface area contributed by atoms with Crippen molar-refractivity contribution in [3.8, 4) is 0 Å². The van der Waals surface area contributed by atoms with Crippen LogP contribution in [0.25, 0.3) is 0 Å². The highest BCUT2D eigenvalue weighted by atomic mass is 79.9. The average molecular weight is 392 g/mol. The second-order valence-corrected chi connectivity index (χ2v) is 8.03. The molecule has 2 aliphatic rings. The Hall–Kier alpha value is -1.63. The zero-order valence-corrected chi connectivity index (χ0v) is 15.6. The molecule has 128 valence electrons. The van der Waals surface area contributed by atoms with E-state index in [9.17, 15) is 4.79 Å². The maximum atomic E-state index is 12.7. The summed E-state index contributed by atoms with van der Waals surface area (Å²) < 4.78 is 3.14. The summed E-state index contributed by atoms with van der Waals surface area (Å²) in [5, 5.41) is 11.9. The third kappa shape index (κ3) is 2.90. The van der Waals surface area contributed by atoms with Gasteiger partial charge in [-0.05, 0) is 47.2 Å². The summed E-state index contributed by atoms with van der Waals surface area (Å²) in [6.45, 7) is 5.62. The Morgan fingerprint density at radius 2 is 2.17 bits per heavy atom. The molecule has 2 aromatic rings. The van der Waals surface area contributed by atoms with E-state index >= 15 is 0 Å². The average Bonchev–Trinajstić information content (AvgIpc) is 3.00. The first-order chi connectivity index (χ1) is 11.5. The van der Waals surface area contributed by atoms with E-state index in [-0.39, 0.29) is 11.9 Å². The Labute approximate surface area is 149 Å². The monoisotopic (exact) mass is 391 g/mol. The van der Waals surface area contributed by atoms with Gasteiger partial charge in [-0.1, -0.05) is 13.8 Å². The first kappa shape index (κ1) is 15.9. The zero-order valence-electron chi connectivity index (χ0n) is 14.0. The fourth-order valence-electron chi connectivity index (χ4n) is 3.25. The normalized spacial score (nSPS) is 21.0. The molecule has 0 bridgehead atoms. The molecule has 1 saturated heterocycles. The van der Waals surface area contributed by atoms with E-state index in [0.29, 0.717) is 24.1 Å². The number of halogens is 1. The first-order valence-corrected chi connectivity index (χ1v) is 9.41. The molecule has 2 aromatic heterocycles. The number of aromatic nitrogens is 4. The molecule has 2 fully saturated rings. The van der Waals surface area contributed by atoms with E-state index in [2.05, 4.69) is 46.2 Å². The third-order valence-corrected chi connectivity index (χ3v) is 5.55. The fourth-order valence-corrected chi connectivity index (χ4v) is 3.86. The summed E-state index contributed by atoms with van der Waals surface area (Å²) in [5.41, 5.74) is 2.69. The quantitative estimate of drug-likeness (QED) is 0.867. The molecule has 0 aromatic carbocycles. The van der Waals surface area contributed by atoms with Crippen LogP contribution in [-0.2, 0) is 0 Å². The predicted octanol–water partition coefficient (Wildman–Crippen LogP) is 3.46. The van der Waals surface area contributed by atoms with Gasteiger partial charge in [0.1, 0.15) is 5.69 Å². The van der Waals surface area contributed by atoms with Crippen molar-refractivity contribution in [3.63, 3.8) is 0 Å². The van der Waals surface area contributed by atoms with E-state index in [1.165, 1.54) is 18.5 Å². The van der Waals surface area contributed by atoms with Crippen LogP contribution in [0.15, 0.2) is 16.7 Å². The van der Waals surface area contributed by atoms with E-state index in [1.807, 2.05) is 15.6 Å². The van der Waals surface area contributed by atoms with Gasteiger partial charge in [0, 0.05) is 30.9 Å². The first-order valence-electron chi connectivity index (χ1n) is 8.62. The van der Waals surface area contributed by atoms with Crippen LogP contribution in [0.1, 0.15) is 72.9 Å². The number of amides is 1. The van der Waals surface area contributed by atoms with E-state index in [0.717, 1.165) is 23.1 Å². The molecule has 0 radical (unpaired) electrons. The summed E-state index contributed by atoms with van der Waals surface area (Å²) >= 11 is 3.62. The highest BCUT2D eigenvalue weighted by Crippen LogP contribution is 2.42. The Kier molecular flexibility index (Phi) is 3.98. The molecule has 1 unspecified atom stereocenters. The molecule has 24 heavy (non-hydrogen) atoms. The minimum absolute atomic E-state index is 0.00860. The molecule has 0 spiro atoms.